The van der Waals surface area contributed by atoms with E-state index in [4.69, 9.17) is 0 Å². The maximum atomic E-state index is 12.3. The van der Waals surface area contributed by atoms with Gasteiger partial charge in [0.1, 0.15) is 0 Å². The topological polar surface area (TPSA) is 57.8 Å². The van der Waals surface area contributed by atoms with Gasteiger partial charge in [0.15, 0.2) is 0 Å². The smallest absolute Gasteiger partial charge is 0.224 e. The van der Waals surface area contributed by atoms with Gasteiger partial charge in [0.05, 0.1) is 6.20 Å². The van der Waals surface area contributed by atoms with Crippen molar-refractivity contribution in [3.8, 4) is 0 Å². The second-order valence-corrected chi connectivity index (χ2v) is 5.78. The monoisotopic (exact) mass is 267 g/mol. The summed E-state index contributed by atoms with van der Waals surface area (Å²) < 4.78 is 0. The van der Waals surface area contributed by atoms with Crippen LogP contribution in [0.4, 0.5) is 0 Å². The van der Waals surface area contributed by atoms with Crippen LogP contribution in [-0.4, -0.2) is 16.1 Å². The van der Waals surface area contributed by atoms with Gasteiger partial charge in [0.2, 0.25) is 5.91 Å². The number of carbonyl (C=O) groups is 1. The molecule has 2 N–H and O–H groups in total. The molecule has 1 amide bonds. The van der Waals surface area contributed by atoms with Crippen molar-refractivity contribution in [2.45, 2.75) is 25.3 Å². The molecule has 0 aliphatic heterocycles. The van der Waals surface area contributed by atoms with Crippen molar-refractivity contribution >= 4 is 5.91 Å². The third kappa shape index (κ3) is 1.83. The average molecular weight is 267 g/mol. The first-order valence-electron chi connectivity index (χ1n) is 7.18. The molecular weight excluding hydrogens is 250 g/mol. The maximum absolute atomic E-state index is 12.3. The zero-order chi connectivity index (χ0) is 13.5. The predicted molar refractivity (Wildman–Crippen MR) is 74.9 cm³/mol. The molecule has 2 aliphatic carbocycles. The number of amides is 1. The summed E-state index contributed by atoms with van der Waals surface area (Å²) in [6.45, 7) is 0.562. The fourth-order valence-electron chi connectivity index (χ4n) is 3.61. The molecule has 2 aliphatic rings. The third-order valence-corrected chi connectivity index (χ3v) is 4.65. The van der Waals surface area contributed by atoms with Gasteiger partial charge < -0.3 is 5.32 Å². The number of aryl methyl sites for hydroxylation is 1. The van der Waals surface area contributed by atoms with Gasteiger partial charge in [0, 0.05) is 24.2 Å². The lowest BCUT2D eigenvalue weighted by molar-refractivity contribution is -0.122. The molecule has 0 bridgehead atoms. The van der Waals surface area contributed by atoms with Gasteiger partial charge in [-0.05, 0) is 35.8 Å². The van der Waals surface area contributed by atoms with Crippen molar-refractivity contribution in [1.82, 2.24) is 15.5 Å². The Morgan fingerprint density at radius 1 is 1.40 bits per heavy atom. The molecule has 1 aromatic carbocycles. The quantitative estimate of drug-likeness (QED) is 0.893. The molecule has 102 valence electrons. The summed E-state index contributed by atoms with van der Waals surface area (Å²) in [5, 5.41) is 9.68. The van der Waals surface area contributed by atoms with Crippen LogP contribution in [0.3, 0.4) is 0 Å². The summed E-state index contributed by atoms with van der Waals surface area (Å²) in [7, 11) is 0. The molecule has 2 aromatic rings. The molecule has 0 radical (unpaired) electrons. The van der Waals surface area contributed by atoms with Gasteiger partial charge >= 0.3 is 0 Å². The highest BCUT2D eigenvalue weighted by atomic mass is 16.2. The second kappa shape index (κ2) is 4.47. The van der Waals surface area contributed by atoms with Crippen LogP contribution < -0.4 is 5.32 Å². The Labute approximate surface area is 117 Å². The third-order valence-electron chi connectivity index (χ3n) is 4.65. The van der Waals surface area contributed by atoms with E-state index in [0.717, 1.165) is 18.4 Å². The fraction of sp³-hybridized carbons (Fsp3) is 0.375. The van der Waals surface area contributed by atoms with Crippen LogP contribution in [0, 0.1) is 11.8 Å². The number of rotatable bonds is 3. The summed E-state index contributed by atoms with van der Waals surface area (Å²) in [6, 6.07) is 8.56. The lowest BCUT2D eigenvalue weighted by Crippen LogP contribution is -2.25. The Balaban J connectivity index is 1.45. The molecule has 0 spiro atoms. The molecular formula is C16H17N3O. The highest BCUT2D eigenvalue weighted by Gasteiger charge is 2.56. The van der Waals surface area contributed by atoms with Crippen molar-refractivity contribution in [3.05, 3.63) is 53.3 Å². The van der Waals surface area contributed by atoms with E-state index in [1.54, 1.807) is 6.20 Å². The first-order valence-corrected chi connectivity index (χ1v) is 7.18. The van der Waals surface area contributed by atoms with E-state index < -0.39 is 0 Å². The maximum Gasteiger partial charge on any atom is 0.224 e. The number of nitrogens with zero attached hydrogens (tertiary/aromatic N) is 1. The number of H-pyrrole nitrogens is 1. The van der Waals surface area contributed by atoms with Crippen LogP contribution in [0.15, 0.2) is 36.7 Å². The molecule has 1 heterocycles. The number of aromatic nitrogens is 2. The Kier molecular flexibility index (Phi) is 2.62. The minimum atomic E-state index is 0.172. The normalized spacial score (nSPS) is 26.5. The van der Waals surface area contributed by atoms with Gasteiger partial charge in [-0.25, -0.2) is 0 Å². The molecule has 20 heavy (non-hydrogen) atoms. The van der Waals surface area contributed by atoms with Gasteiger partial charge in [-0.3, -0.25) is 9.89 Å². The summed E-state index contributed by atoms with van der Waals surface area (Å²) in [5.74, 6) is 1.36. The van der Waals surface area contributed by atoms with E-state index in [1.807, 2.05) is 6.20 Å². The van der Waals surface area contributed by atoms with Crippen LogP contribution in [0.1, 0.15) is 29.0 Å². The molecule has 3 atom stereocenters. The first kappa shape index (κ1) is 11.7. The molecule has 1 saturated carbocycles. The Bertz CT molecular complexity index is 635. The summed E-state index contributed by atoms with van der Waals surface area (Å²) in [4.78, 5) is 12.3. The largest absolute Gasteiger partial charge is 0.352 e. The minimum absolute atomic E-state index is 0.172. The van der Waals surface area contributed by atoms with Gasteiger partial charge in [-0.1, -0.05) is 24.3 Å². The molecule has 4 heteroatoms. The van der Waals surface area contributed by atoms with Gasteiger partial charge in [-0.15, -0.1) is 0 Å². The van der Waals surface area contributed by atoms with Crippen molar-refractivity contribution in [2.24, 2.45) is 11.8 Å². The molecule has 0 saturated heterocycles. The molecule has 1 fully saturated rings. The zero-order valence-electron chi connectivity index (χ0n) is 11.2. The number of fused-ring (bicyclic) bond motifs is 3. The van der Waals surface area contributed by atoms with E-state index >= 15 is 0 Å². The Morgan fingerprint density at radius 3 is 3.15 bits per heavy atom. The SMILES string of the molecule is O=C(NCc1cn[nH]c1)C1C2CCc3ccccc3C21. The van der Waals surface area contributed by atoms with E-state index in [-0.39, 0.29) is 11.8 Å². The molecule has 4 nitrogen and oxygen atoms in total. The number of benzene rings is 1. The van der Waals surface area contributed by atoms with E-state index in [0.29, 0.717) is 18.4 Å². The van der Waals surface area contributed by atoms with Crippen molar-refractivity contribution in [1.29, 1.82) is 0 Å². The van der Waals surface area contributed by atoms with Crippen LogP contribution in [0.5, 0.6) is 0 Å². The Hall–Kier alpha value is -2.10. The summed E-state index contributed by atoms with van der Waals surface area (Å²) in [5.41, 5.74) is 3.84. The summed E-state index contributed by atoms with van der Waals surface area (Å²) in [6.07, 6.45) is 5.82. The highest BCUT2D eigenvalue weighted by Crippen LogP contribution is 2.59. The minimum Gasteiger partial charge on any atom is -0.352 e. The van der Waals surface area contributed by atoms with E-state index in [2.05, 4.69) is 39.8 Å². The van der Waals surface area contributed by atoms with Crippen LogP contribution >= 0.6 is 0 Å². The number of aromatic amines is 1. The number of hydrogen-bond donors (Lipinski definition) is 2. The second-order valence-electron chi connectivity index (χ2n) is 5.78. The van der Waals surface area contributed by atoms with Crippen LogP contribution in [0.25, 0.3) is 0 Å². The van der Waals surface area contributed by atoms with E-state index in [1.165, 1.54) is 11.1 Å². The lowest BCUT2D eigenvalue weighted by Gasteiger charge is -2.13. The van der Waals surface area contributed by atoms with Crippen molar-refractivity contribution in [3.63, 3.8) is 0 Å². The molecule has 1 aromatic heterocycles. The molecule has 4 rings (SSSR count). The lowest BCUT2D eigenvalue weighted by atomic mass is 9.92. The highest BCUT2D eigenvalue weighted by molar-refractivity contribution is 5.84. The number of hydrogen-bond acceptors (Lipinski definition) is 2. The Morgan fingerprint density at radius 2 is 2.30 bits per heavy atom. The average Bonchev–Trinajstić information content (AvgIpc) is 3.00. The predicted octanol–water partition coefficient (Wildman–Crippen LogP) is 2.00. The van der Waals surface area contributed by atoms with E-state index in [9.17, 15) is 4.79 Å². The van der Waals surface area contributed by atoms with Crippen molar-refractivity contribution in [2.75, 3.05) is 0 Å². The van der Waals surface area contributed by atoms with Gasteiger partial charge in [-0.2, -0.15) is 5.10 Å². The standard InChI is InChI=1S/C16H17N3O/c20-16(17-7-10-8-18-19-9-10)15-13-6-5-11-3-1-2-4-12(11)14(13)15/h1-4,8-9,13-15H,5-7H2,(H,17,20)(H,18,19). The van der Waals surface area contributed by atoms with Crippen molar-refractivity contribution < 1.29 is 4.79 Å². The first-order chi connectivity index (χ1) is 9.84. The number of carbonyl (C=O) groups excluding carboxylic acids is 1. The molecule has 3 unspecified atom stereocenters. The number of nitrogens with one attached hydrogen (secondary N) is 2. The zero-order valence-corrected chi connectivity index (χ0v) is 11.2. The van der Waals surface area contributed by atoms with Crippen LogP contribution in [0.2, 0.25) is 0 Å². The fourth-order valence-corrected chi connectivity index (χ4v) is 3.61. The van der Waals surface area contributed by atoms with Gasteiger partial charge in [0.25, 0.3) is 0 Å². The summed E-state index contributed by atoms with van der Waals surface area (Å²) >= 11 is 0. The van der Waals surface area contributed by atoms with Crippen LogP contribution in [-0.2, 0) is 17.8 Å².